The fraction of sp³-hybridized carbons (Fsp3) is 0.524. The predicted molar refractivity (Wildman–Crippen MR) is 107 cm³/mol. The number of rotatable bonds is 3. The molecule has 3 heterocycles. The second-order valence-corrected chi connectivity index (χ2v) is 8.37. The van der Waals surface area contributed by atoms with E-state index in [0.717, 1.165) is 5.56 Å². The third-order valence-corrected chi connectivity index (χ3v) is 4.70. The molecule has 1 fully saturated rings. The summed E-state index contributed by atoms with van der Waals surface area (Å²) in [7, 11) is 0. The average molecular weight is 401 g/mol. The highest BCUT2D eigenvalue weighted by Gasteiger charge is 2.30. The molecule has 1 aliphatic heterocycles. The summed E-state index contributed by atoms with van der Waals surface area (Å²) in [5, 5.41) is 0. The lowest BCUT2D eigenvalue weighted by Crippen LogP contribution is -2.43. The van der Waals surface area contributed by atoms with Crippen LogP contribution in [0.5, 0.6) is 0 Å². The zero-order valence-corrected chi connectivity index (χ0v) is 17.3. The quantitative estimate of drug-likeness (QED) is 0.735. The van der Waals surface area contributed by atoms with Gasteiger partial charge in [-0.3, -0.25) is 14.0 Å². The van der Waals surface area contributed by atoms with E-state index in [-0.39, 0.29) is 30.1 Å². The second kappa shape index (κ2) is 8.23. The molecule has 156 valence electrons. The van der Waals surface area contributed by atoms with E-state index < -0.39 is 5.60 Å². The van der Waals surface area contributed by atoms with Crippen molar-refractivity contribution >= 4 is 17.7 Å². The highest BCUT2D eigenvalue weighted by molar-refractivity contribution is 5.73. The minimum Gasteiger partial charge on any atom is -0.459 e. The van der Waals surface area contributed by atoms with Gasteiger partial charge < -0.3 is 14.4 Å². The normalized spacial score (nSPS) is 15.4. The first-order valence-electron chi connectivity index (χ1n) is 9.76. The molecule has 3 rings (SSSR count). The van der Waals surface area contributed by atoms with Crippen molar-refractivity contribution < 1.29 is 19.1 Å². The molecule has 0 atom stereocenters. The van der Waals surface area contributed by atoms with Crippen LogP contribution in [0.25, 0.3) is 5.65 Å². The summed E-state index contributed by atoms with van der Waals surface area (Å²) in [4.78, 5) is 42.7. The maximum Gasteiger partial charge on any atom is 0.410 e. The van der Waals surface area contributed by atoms with Crippen LogP contribution in [0.15, 0.2) is 29.2 Å². The number of carbonyl (C=O) groups is 2. The number of amides is 1. The number of pyridine rings is 1. The minimum absolute atomic E-state index is 0.0509. The van der Waals surface area contributed by atoms with E-state index in [1.807, 2.05) is 33.8 Å². The first kappa shape index (κ1) is 20.8. The van der Waals surface area contributed by atoms with E-state index in [1.54, 1.807) is 17.2 Å². The van der Waals surface area contributed by atoms with Crippen LogP contribution in [0.2, 0.25) is 0 Å². The lowest BCUT2D eigenvalue weighted by molar-refractivity contribution is -0.151. The largest absolute Gasteiger partial charge is 0.459 e. The molecule has 29 heavy (non-hydrogen) atoms. The molecule has 0 saturated carbocycles. The standard InChI is InChI=1S/C21H27N3O5/c1-14-5-6-17-22-16(11-18(25)24(17)12-14)13-28-19(26)15-7-9-23(10-8-15)20(27)29-21(2,3)4/h5-6,11-12,15H,7-10,13H2,1-4H3. The highest BCUT2D eigenvalue weighted by Crippen LogP contribution is 2.21. The molecule has 0 spiro atoms. The van der Waals surface area contributed by atoms with Crippen LogP contribution < -0.4 is 5.56 Å². The molecule has 0 bridgehead atoms. The Bertz CT molecular complexity index is 968. The summed E-state index contributed by atoms with van der Waals surface area (Å²) in [5.74, 6) is -0.613. The number of ether oxygens (including phenoxy) is 2. The molecule has 0 aromatic carbocycles. The summed E-state index contributed by atoms with van der Waals surface area (Å²) < 4.78 is 12.2. The van der Waals surface area contributed by atoms with Gasteiger partial charge in [-0.2, -0.15) is 0 Å². The number of carbonyl (C=O) groups excluding carboxylic acids is 2. The topological polar surface area (TPSA) is 90.2 Å². The molecule has 0 unspecified atom stereocenters. The summed E-state index contributed by atoms with van der Waals surface area (Å²) >= 11 is 0. The summed E-state index contributed by atoms with van der Waals surface area (Å²) in [5.41, 5.74) is 1.13. The zero-order chi connectivity index (χ0) is 21.2. The Morgan fingerprint density at radius 3 is 2.55 bits per heavy atom. The fourth-order valence-corrected chi connectivity index (χ4v) is 3.22. The first-order valence-corrected chi connectivity index (χ1v) is 9.76. The fourth-order valence-electron chi connectivity index (χ4n) is 3.22. The molecule has 0 radical (unpaired) electrons. The van der Waals surface area contributed by atoms with Crippen molar-refractivity contribution in [2.45, 2.75) is 52.7 Å². The van der Waals surface area contributed by atoms with Gasteiger partial charge in [0.15, 0.2) is 0 Å². The summed E-state index contributed by atoms with van der Waals surface area (Å²) in [6.07, 6.45) is 2.40. The highest BCUT2D eigenvalue weighted by atomic mass is 16.6. The molecule has 8 heteroatoms. The number of hydrogen-bond acceptors (Lipinski definition) is 6. The Balaban J connectivity index is 1.54. The molecular weight excluding hydrogens is 374 g/mol. The Hall–Kier alpha value is -2.90. The van der Waals surface area contributed by atoms with Crippen LogP contribution in [0.4, 0.5) is 4.79 Å². The minimum atomic E-state index is -0.545. The second-order valence-electron chi connectivity index (χ2n) is 8.37. The molecule has 1 amide bonds. The summed E-state index contributed by atoms with van der Waals surface area (Å²) in [6.45, 7) is 8.21. The van der Waals surface area contributed by atoms with Crippen LogP contribution in [0.1, 0.15) is 44.9 Å². The lowest BCUT2D eigenvalue weighted by Gasteiger charge is -2.32. The number of nitrogens with zero attached hydrogens (tertiary/aromatic N) is 3. The number of piperidine rings is 1. The molecule has 1 aliphatic rings. The Morgan fingerprint density at radius 1 is 1.21 bits per heavy atom. The first-order chi connectivity index (χ1) is 13.6. The maximum atomic E-state index is 12.4. The van der Waals surface area contributed by atoms with Crippen LogP contribution in [0, 0.1) is 12.8 Å². The van der Waals surface area contributed by atoms with Crippen molar-refractivity contribution in [3.8, 4) is 0 Å². The van der Waals surface area contributed by atoms with E-state index >= 15 is 0 Å². The third-order valence-electron chi connectivity index (χ3n) is 4.70. The van der Waals surface area contributed by atoms with Crippen molar-refractivity contribution in [1.82, 2.24) is 14.3 Å². The van der Waals surface area contributed by atoms with Gasteiger partial charge in [-0.05, 0) is 52.2 Å². The van der Waals surface area contributed by atoms with Gasteiger partial charge in [-0.15, -0.1) is 0 Å². The molecule has 0 aliphatic carbocycles. The van der Waals surface area contributed by atoms with E-state index in [9.17, 15) is 14.4 Å². The summed E-state index contributed by atoms with van der Waals surface area (Å²) in [6, 6.07) is 5.01. The van der Waals surface area contributed by atoms with Gasteiger partial charge in [-0.25, -0.2) is 9.78 Å². The van der Waals surface area contributed by atoms with Crippen LogP contribution in [-0.2, 0) is 20.9 Å². The number of aromatic nitrogens is 2. The van der Waals surface area contributed by atoms with E-state index in [0.29, 0.717) is 37.3 Å². The van der Waals surface area contributed by atoms with Crippen molar-refractivity contribution in [2.75, 3.05) is 13.1 Å². The molecular formula is C21H27N3O5. The van der Waals surface area contributed by atoms with E-state index in [4.69, 9.17) is 9.47 Å². The average Bonchev–Trinajstić information content (AvgIpc) is 2.65. The van der Waals surface area contributed by atoms with Gasteiger partial charge in [0, 0.05) is 25.4 Å². The number of likely N-dealkylation sites (tertiary alicyclic amines) is 1. The molecule has 1 saturated heterocycles. The SMILES string of the molecule is Cc1ccc2nc(COC(=O)C3CCN(C(=O)OC(C)(C)C)CC3)cc(=O)n2c1. The third kappa shape index (κ3) is 5.34. The zero-order valence-electron chi connectivity index (χ0n) is 17.3. The van der Waals surface area contributed by atoms with E-state index in [2.05, 4.69) is 4.98 Å². The van der Waals surface area contributed by atoms with Crippen LogP contribution >= 0.6 is 0 Å². The Labute approximate surface area is 169 Å². The number of aryl methyl sites for hydroxylation is 1. The van der Waals surface area contributed by atoms with Gasteiger partial charge in [0.25, 0.3) is 5.56 Å². The smallest absolute Gasteiger partial charge is 0.410 e. The van der Waals surface area contributed by atoms with Crippen molar-refractivity contribution in [3.05, 3.63) is 46.0 Å². The monoisotopic (exact) mass is 401 g/mol. The molecule has 2 aromatic rings. The van der Waals surface area contributed by atoms with Gasteiger partial charge in [0.2, 0.25) is 0 Å². The van der Waals surface area contributed by atoms with Crippen LogP contribution in [0.3, 0.4) is 0 Å². The molecule has 2 aromatic heterocycles. The van der Waals surface area contributed by atoms with Crippen molar-refractivity contribution in [3.63, 3.8) is 0 Å². The van der Waals surface area contributed by atoms with Crippen LogP contribution in [-0.4, -0.2) is 45.0 Å². The van der Waals surface area contributed by atoms with Crippen molar-refractivity contribution in [1.29, 1.82) is 0 Å². The van der Waals surface area contributed by atoms with Gasteiger partial charge >= 0.3 is 12.1 Å². The number of esters is 1. The van der Waals surface area contributed by atoms with E-state index in [1.165, 1.54) is 10.5 Å². The Kier molecular flexibility index (Phi) is 5.91. The van der Waals surface area contributed by atoms with Gasteiger partial charge in [0.05, 0.1) is 11.6 Å². The maximum absolute atomic E-state index is 12.4. The van der Waals surface area contributed by atoms with Gasteiger partial charge in [-0.1, -0.05) is 6.07 Å². The molecule has 8 nitrogen and oxygen atoms in total. The lowest BCUT2D eigenvalue weighted by atomic mass is 9.97. The van der Waals surface area contributed by atoms with Crippen molar-refractivity contribution in [2.24, 2.45) is 5.92 Å². The predicted octanol–water partition coefficient (Wildman–Crippen LogP) is 2.69. The molecule has 0 N–H and O–H groups in total. The Morgan fingerprint density at radius 2 is 1.90 bits per heavy atom. The number of hydrogen-bond donors (Lipinski definition) is 0. The van der Waals surface area contributed by atoms with Gasteiger partial charge in [0.1, 0.15) is 17.9 Å². The number of fused-ring (bicyclic) bond motifs is 1.